The Morgan fingerprint density at radius 2 is 2.30 bits per heavy atom. The number of nitrogens with two attached hydrogens (primary N) is 1. The van der Waals surface area contributed by atoms with Gasteiger partial charge in [-0.15, -0.1) is 5.10 Å². The van der Waals surface area contributed by atoms with Gasteiger partial charge in [0.25, 0.3) is 0 Å². The van der Waals surface area contributed by atoms with Crippen molar-refractivity contribution in [2.24, 2.45) is 0 Å². The van der Waals surface area contributed by atoms with Gasteiger partial charge in [-0.25, -0.2) is 0 Å². The van der Waals surface area contributed by atoms with Gasteiger partial charge in [0.2, 0.25) is 11.9 Å². The van der Waals surface area contributed by atoms with Gasteiger partial charge in [0.1, 0.15) is 5.82 Å². The molecule has 0 radical (unpaired) electrons. The first-order valence-electron chi connectivity index (χ1n) is 6.49. The zero-order chi connectivity index (χ0) is 14.5. The van der Waals surface area contributed by atoms with Crippen molar-refractivity contribution in [2.75, 3.05) is 5.73 Å². The average molecular weight is 277 g/mol. The molecule has 8 nitrogen and oxygen atoms in total. The number of nitrogens with zero attached hydrogens (tertiary/aromatic N) is 4. The predicted molar refractivity (Wildman–Crippen MR) is 73.6 cm³/mol. The number of anilines is 1. The summed E-state index contributed by atoms with van der Waals surface area (Å²) in [6.45, 7) is 5.01. The van der Waals surface area contributed by atoms with E-state index in [2.05, 4.69) is 25.6 Å². The molecule has 2 aromatic rings. The highest BCUT2D eigenvalue weighted by Crippen LogP contribution is 2.04. The molecule has 0 unspecified atom stereocenters. The first-order valence-corrected chi connectivity index (χ1v) is 6.49. The van der Waals surface area contributed by atoms with Crippen LogP contribution >= 0.6 is 0 Å². The van der Waals surface area contributed by atoms with Gasteiger partial charge in [0.05, 0.1) is 12.2 Å². The van der Waals surface area contributed by atoms with Crippen molar-refractivity contribution >= 4 is 11.9 Å². The Hall–Kier alpha value is -2.38. The number of rotatable bonds is 6. The Kier molecular flexibility index (Phi) is 4.34. The maximum absolute atomic E-state index is 11.7. The summed E-state index contributed by atoms with van der Waals surface area (Å²) >= 11 is 0. The SMILES string of the molecule is Cc1cc(C)n(CCCC(=O)NCc2nc(N)n[nH]2)n1. The fraction of sp³-hybridized carbons (Fsp3) is 0.500. The minimum atomic E-state index is -0.0264. The van der Waals surface area contributed by atoms with Crippen LogP contribution < -0.4 is 11.1 Å². The number of aromatic nitrogens is 5. The van der Waals surface area contributed by atoms with Crippen LogP contribution in [0.4, 0.5) is 5.95 Å². The molecule has 20 heavy (non-hydrogen) atoms. The summed E-state index contributed by atoms with van der Waals surface area (Å²) in [6, 6.07) is 2.02. The highest BCUT2D eigenvalue weighted by Gasteiger charge is 2.05. The van der Waals surface area contributed by atoms with Gasteiger partial charge >= 0.3 is 0 Å². The lowest BCUT2D eigenvalue weighted by Gasteiger charge is -2.05. The van der Waals surface area contributed by atoms with Crippen molar-refractivity contribution in [1.82, 2.24) is 30.3 Å². The molecule has 0 bridgehead atoms. The molecule has 8 heteroatoms. The van der Waals surface area contributed by atoms with Gasteiger partial charge in [-0.3, -0.25) is 14.6 Å². The van der Waals surface area contributed by atoms with E-state index >= 15 is 0 Å². The van der Waals surface area contributed by atoms with Gasteiger partial charge in [0.15, 0.2) is 0 Å². The van der Waals surface area contributed by atoms with Crippen LogP contribution in [0.25, 0.3) is 0 Å². The normalized spacial score (nSPS) is 10.7. The highest BCUT2D eigenvalue weighted by molar-refractivity contribution is 5.75. The van der Waals surface area contributed by atoms with Crippen LogP contribution in [-0.2, 0) is 17.9 Å². The van der Waals surface area contributed by atoms with E-state index in [0.717, 1.165) is 24.4 Å². The molecule has 1 amide bonds. The van der Waals surface area contributed by atoms with Crippen LogP contribution in [0.3, 0.4) is 0 Å². The molecule has 4 N–H and O–H groups in total. The Morgan fingerprint density at radius 3 is 2.90 bits per heavy atom. The lowest BCUT2D eigenvalue weighted by molar-refractivity contribution is -0.121. The Bertz CT molecular complexity index is 586. The third-order valence-corrected chi connectivity index (χ3v) is 2.88. The number of carbonyl (C=O) groups is 1. The third kappa shape index (κ3) is 3.81. The van der Waals surface area contributed by atoms with Crippen LogP contribution in [0, 0.1) is 13.8 Å². The first-order chi connectivity index (χ1) is 9.54. The summed E-state index contributed by atoms with van der Waals surface area (Å²) in [5.41, 5.74) is 7.48. The van der Waals surface area contributed by atoms with Crippen molar-refractivity contribution in [3.8, 4) is 0 Å². The number of nitrogens with one attached hydrogen (secondary N) is 2. The van der Waals surface area contributed by atoms with Crippen LogP contribution in [0.1, 0.15) is 30.1 Å². The molecule has 0 aliphatic carbocycles. The highest BCUT2D eigenvalue weighted by atomic mass is 16.1. The maximum atomic E-state index is 11.7. The number of nitrogen functional groups attached to an aromatic ring is 1. The summed E-state index contributed by atoms with van der Waals surface area (Å²) in [7, 11) is 0. The first kappa shape index (κ1) is 14.0. The molecule has 2 heterocycles. The second kappa shape index (κ2) is 6.18. The van der Waals surface area contributed by atoms with E-state index in [1.807, 2.05) is 24.6 Å². The Morgan fingerprint density at radius 1 is 1.50 bits per heavy atom. The third-order valence-electron chi connectivity index (χ3n) is 2.88. The smallest absolute Gasteiger partial charge is 0.239 e. The number of hydrogen-bond donors (Lipinski definition) is 3. The summed E-state index contributed by atoms with van der Waals surface area (Å²) < 4.78 is 1.92. The van der Waals surface area contributed by atoms with Crippen molar-refractivity contribution < 1.29 is 4.79 Å². The monoisotopic (exact) mass is 277 g/mol. The molecular formula is C12H19N7O. The molecular weight excluding hydrogens is 258 g/mol. The maximum Gasteiger partial charge on any atom is 0.239 e. The largest absolute Gasteiger partial charge is 0.367 e. The van der Waals surface area contributed by atoms with Crippen LogP contribution in [0.5, 0.6) is 0 Å². The van der Waals surface area contributed by atoms with E-state index in [-0.39, 0.29) is 11.9 Å². The number of carbonyl (C=O) groups excluding carboxylic acids is 1. The average Bonchev–Trinajstić information content (AvgIpc) is 2.93. The number of H-pyrrole nitrogens is 1. The molecule has 0 aliphatic heterocycles. The zero-order valence-corrected chi connectivity index (χ0v) is 11.7. The predicted octanol–water partition coefficient (Wildman–Crippen LogP) is 0.297. The molecule has 0 aromatic carbocycles. The molecule has 2 aromatic heterocycles. The molecule has 0 saturated heterocycles. The summed E-state index contributed by atoms with van der Waals surface area (Å²) in [5, 5.41) is 13.4. The quantitative estimate of drug-likeness (QED) is 0.702. The summed E-state index contributed by atoms with van der Waals surface area (Å²) in [5.74, 6) is 0.703. The lowest BCUT2D eigenvalue weighted by Crippen LogP contribution is -2.23. The van der Waals surface area contributed by atoms with E-state index in [0.29, 0.717) is 18.8 Å². The van der Waals surface area contributed by atoms with E-state index < -0.39 is 0 Å². The number of amides is 1. The van der Waals surface area contributed by atoms with E-state index in [9.17, 15) is 4.79 Å². The van der Waals surface area contributed by atoms with E-state index in [1.165, 1.54) is 0 Å². The second-order valence-electron chi connectivity index (χ2n) is 4.67. The van der Waals surface area contributed by atoms with E-state index in [4.69, 9.17) is 5.73 Å². The Balaban J connectivity index is 1.69. The molecule has 2 rings (SSSR count). The molecule has 0 saturated carbocycles. The minimum Gasteiger partial charge on any atom is -0.367 e. The molecule has 0 aliphatic rings. The van der Waals surface area contributed by atoms with Crippen LogP contribution in [0.2, 0.25) is 0 Å². The molecule has 0 atom stereocenters. The van der Waals surface area contributed by atoms with Crippen molar-refractivity contribution in [1.29, 1.82) is 0 Å². The standard InChI is InChI=1S/C12H19N7O/c1-8-6-9(2)19(18-8)5-3-4-11(20)14-7-10-15-12(13)17-16-10/h6H,3-5,7H2,1-2H3,(H,14,20)(H3,13,15,16,17). The van der Waals surface area contributed by atoms with Gasteiger partial charge in [-0.05, 0) is 26.3 Å². The topological polar surface area (TPSA) is 115 Å². The van der Waals surface area contributed by atoms with Crippen LogP contribution in [-0.4, -0.2) is 30.9 Å². The molecule has 0 fully saturated rings. The fourth-order valence-electron chi connectivity index (χ4n) is 1.95. The molecule has 108 valence electrons. The van der Waals surface area contributed by atoms with Gasteiger partial charge in [-0.2, -0.15) is 10.1 Å². The lowest BCUT2D eigenvalue weighted by atomic mass is 10.3. The van der Waals surface area contributed by atoms with Crippen LogP contribution in [0.15, 0.2) is 6.07 Å². The van der Waals surface area contributed by atoms with Gasteiger partial charge in [0, 0.05) is 18.7 Å². The minimum absolute atomic E-state index is 0.0264. The van der Waals surface area contributed by atoms with Crippen molar-refractivity contribution in [3.05, 3.63) is 23.3 Å². The summed E-state index contributed by atoms with van der Waals surface area (Å²) in [4.78, 5) is 15.6. The number of hydrogen-bond acceptors (Lipinski definition) is 5. The molecule has 0 spiro atoms. The number of aromatic amines is 1. The van der Waals surface area contributed by atoms with Crippen molar-refractivity contribution in [3.63, 3.8) is 0 Å². The van der Waals surface area contributed by atoms with E-state index in [1.54, 1.807) is 0 Å². The van der Waals surface area contributed by atoms with Gasteiger partial charge < -0.3 is 11.1 Å². The van der Waals surface area contributed by atoms with Gasteiger partial charge in [-0.1, -0.05) is 0 Å². The van der Waals surface area contributed by atoms with Crippen molar-refractivity contribution in [2.45, 2.75) is 39.8 Å². The second-order valence-corrected chi connectivity index (χ2v) is 4.67. The Labute approximate surface area is 116 Å². The number of aryl methyl sites for hydroxylation is 3. The fourth-order valence-corrected chi connectivity index (χ4v) is 1.95. The zero-order valence-electron chi connectivity index (χ0n) is 11.7. The summed E-state index contributed by atoms with van der Waals surface area (Å²) in [6.07, 6.45) is 1.19.